The third kappa shape index (κ3) is 4.77. The highest BCUT2D eigenvalue weighted by Gasteiger charge is 2.51. The Balaban J connectivity index is 0.947. The lowest BCUT2D eigenvalue weighted by molar-refractivity contribution is 0.533. The van der Waals surface area contributed by atoms with Crippen LogP contribution in [0.5, 0.6) is 0 Å². The van der Waals surface area contributed by atoms with Crippen molar-refractivity contribution < 1.29 is 0 Å². The molecule has 0 aliphatic heterocycles. The molecule has 0 fully saturated rings. The highest BCUT2D eigenvalue weighted by Crippen LogP contribution is 2.67. The fraction of sp³-hybridized carbons (Fsp3) is 0.0476. The smallest absolute Gasteiger partial charge is 0.0205 e. The molecule has 6 aliphatic rings. The molecule has 0 spiro atoms. The second-order valence-electron chi connectivity index (χ2n) is 25.5. The van der Waals surface area contributed by atoms with Crippen molar-refractivity contribution in [3.63, 3.8) is 0 Å². The third-order valence-corrected chi connectivity index (χ3v) is 22.1. The van der Waals surface area contributed by atoms with Crippen LogP contribution in [0.15, 0.2) is 243 Å². The fourth-order valence-electron chi connectivity index (χ4n) is 19.0. The Morgan fingerprint density at radius 1 is 0.131 bits per heavy atom. The molecule has 20 aromatic carbocycles. The monoisotopic (exact) mass is 1050 g/mol. The molecule has 380 valence electrons. The van der Waals surface area contributed by atoms with E-state index in [9.17, 15) is 0 Å². The van der Waals surface area contributed by atoms with Crippen LogP contribution in [0.3, 0.4) is 0 Å². The summed E-state index contributed by atoms with van der Waals surface area (Å²) in [5, 5.41) is 43.3. The molecule has 0 aromatic heterocycles. The van der Waals surface area contributed by atoms with Crippen molar-refractivity contribution >= 4 is 172 Å². The maximum Gasteiger partial charge on any atom is 0.0205 e. The summed E-state index contributed by atoms with van der Waals surface area (Å²) in [6.45, 7) is 0. The third-order valence-electron chi connectivity index (χ3n) is 22.1. The molecule has 0 radical (unpaired) electrons. The van der Waals surface area contributed by atoms with E-state index in [1.165, 1.54) is 217 Å². The summed E-state index contributed by atoms with van der Waals surface area (Å²) in [5.74, 6) is -0.0510. The molecule has 0 amide bonds. The highest BCUT2D eigenvalue weighted by molar-refractivity contribution is 6.38. The second-order valence-corrected chi connectivity index (χ2v) is 25.5. The predicted octanol–water partition coefficient (Wildman–Crippen LogP) is 22.8. The summed E-state index contributed by atoms with van der Waals surface area (Å²) in [6, 6.07) is 96.9. The molecule has 20 aromatic rings. The topological polar surface area (TPSA) is 0 Å². The van der Waals surface area contributed by atoms with E-state index in [2.05, 4.69) is 243 Å². The van der Waals surface area contributed by atoms with Crippen molar-refractivity contribution in [2.24, 2.45) is 0 Å². The van der Waals surface area contributed by atoms with Gasteiger partial charge in [0, 0.05) is 23.7 Å². The predicted molar refractivity (Wildman–Crippen MR) is 358 cm³/mol. The SMILES string of the molecule is c1cc2ccc3cccc4c5cc6c(cc5c(c1)c2c34)C1c2cc3c(cc2C6C2c4cc5c(cc4C1c1cc4c(cc12)c1cccc2ccc6cccc4c6c21)c1cccc2ccc4cccc5c4c21)c1cccc2ccc4cccc3c4c21. The molecule has 4 bridgehead atoms. The van der Waals surface area contributed by atoms with Gasteiger partial charge in [-0.1, -0.05) is 194 Å². The van der Waals surface area contributed by atoms with E-state index in [1.54, 1.807) is 0 Å². The molecule has 6 aliphatic carbocycles. The van der Waals surface area contributed by atoms with Crippen LogP contribution in [0.1, 0.15) is 68.2 Å². The Hall–Kier alpha value is -10.4. The minimum absolute atomic E-state index is 0.0127. The lowest BCUT2D eigenvalue weighted by Crippen LogP contribution is -2.36. The minimum atomic E-state index is -0.0127. The molecular weight excluding hydrogens is 1010 g/mol. The van der Waals surface area contributed by atoms with Gasteiger partial charge in [-0.2, -0.15) is 0 Å². The van der Waals surface area contributed by atoms with E-state index >= 15 is 0 Å². The lowest BCUT2D eigenvalue weighted by atomic mass is 9.52. The van der Waals surface area contributed by atoms with Crippen molar-refractivity contribution in [3.8, 4) is 0 Å². The summed E-state index contributed by atoms with van der Waals surface area (Å²) in [7, 11) is 0. The first-order chi connectivity index (χ1) is 41.7. The average Bonchev–Trinajstić information content (AvgIpc) is 1.38. The van der Waals surface area contributed by atoms with Gasteiger partial charge < -0.3 is 0 Å². The van der Waals surface area contributed by atoms with E-state index in [1.807, 2.05) is 0 Å². The van der Waals surface area contributed by atoms with Gasteiger partial charge in [-0.3, -0.25) is 0 Å². The Morgan fingerprint density at radius 3 is 0.393 bits per heavy atom. The van der Waals surface area contributed by atoms with Gasteiger partial charge in [0.1, 0.15) is 0 Å². The number of fused-ring (bicyclic) bond motifs is 12. The van der Waals surface area contributed by atoms with Crippen LogP contribution in [0.4, 0.5) is 0 Å². The first-order valence-corrected chi connectivity index (χ1v) is 30.2. The van der Waals surface area contributed by atoms with Gasteiger partial charge in [0.25, 0.3) is 0 Å². The zero-order valence-electron chi connectivity index (χ0n) is 45.4. The quantitative estimate of drug-likeness (QED) is 0.105. The van der Waals surface area contributed by atoms with Gasteiger partial charge in [0.05, 0.1) is 0 Å². The number of hydrogen-bond donors (Lipinski definition) is 0. The zero-order chi connectivity index (χ0) is 53.7. The van der Waals surface area contributed by atoms with Crippen LogP contribution in [0.25, 0.3) is 172 Å². The van der Waals surface area contributed by atoms with Gasteiger partial charge in [0.2, 0.25) is 0 Å². The normalized spacial score (nSPS) is 17.5. The van der Waals surface area contributed by atoms with Gasteiger partial charge in [-0.05, 0) is 265 Å². The first-order valence-electron chi connectivity index (χ1n) is 30.2. The molecule has 0 saturated heterocycles. The maximum atomic E-state index is 2.73. The van der Waals surface area contributed by atoms with E-state index in [0.717, 1.165) is 0 Å². The first kappa shape index (κ1) is 42.4. The number of rotatable bonds is 0. The van der Waals surface area contributed by atoms with Crippen LogP contribution in [0, 0.1) is 0 Å². The molecule has 0 unspecified atom stereocenters. The summed E-state index contributed by atoms with van der Waals surface area (Å²) in [6.07, 6.45) is 0. The maximum absolute atomic E-state index is 2.73. The molecule has 0 nitrogen and oxygen atoms in total. The average molecular weight is 1050 g/mol. The van der Waals surface area contributed by atoms with Gasteiger partial charge in [-0.15, -0.1) is 0 Å². The summed E-state index contributed by atoms with van der Waals surface area (Å²) >= 11 is 0. The van der Waals surface area contributed by atoms with Crippen molar-refractivity contribution in [1.82, 2.24) is 0 Å². The van der Waals surface area contributed by atoms with Crippen molar-refractivity contribution in [2.75, 3.05) is 0 Å². The van der Waals surface area contributed by atoms with E-state index in [4.69, 9.17) is 0 Å². The molecule has 0 heteroatoms. The number of hydrogen-bond acceptors (Lipinski definition) is 0. The highest BCUT2D eigenvalue weighted by atomic mass is 14.5. The molecule has 0 saturated carbocycles. The van der Waals surface area contributed by atoms with E-state index in [0.29, 0.717) is 0 Å². The van der Waals surface area contributed by atoms with Crippen LogP contribution in [-0.4, -0.2) is 0 Å². The largest absolute Gasteiger partial charge is 0.0610 e. The Kier molecular flexibility index (Phi) is 7.20. The van der Waals surface area contributed by atoms with E-state index in [-0.39, 0.29) is 23.7 Å². The molecule has 84 heavy (non-hydrogen) atoms. The molecule has 0 N–H and O–H groups in total. The van der Waals surface area contributed by atoms with Crippen LogP contribution >= 0.6 is 0 Å². The Bertz CT molecular complexity index is 5310. The molecule has 26 rings (SSSR count). The summed E-state index contributed by atoms with van der Waals surface area (Å²) in [5.41, 5.74) is 11.9. The lowest BCUT2D eigenvalue weighted by Gasteiger charge is -2.50. The molecular formula is C84H44. The van der Waals surface area contributed by atoms with Crippen molar-refractivity contribution in [3.05, 3.63) is 287 Å². The standard InChI is InChI=1S/C84H44/c1-9-41-25-26-42-10-2-18-50-58-34-66-65(33-57(58)49(17-1)73(41)74(42)50)81-67-35-59-51-19-3-11-43-27-28-44-12-4-20-52(76(44)75(43)51)60(59)36-68(67)82(66)84-71-39-63-55-23-7-15-47-31-29-45-13-5-21-53(77(45)79(47)55)61(63)37-69(71)83(81)70-38-62-54-22-6-14-46-30-32-48-16-8-24-56(80(48)78(46)54)64(62)40-72(70)84/h1-40,81-84H. The number of benzene rings is 20. The van der Waals surface area contributed by atoms with E-state index < -0.39 is 0 Å². The van der Waals surface area contributed by atoms with Crippen molar-refractivity contribution in [1.29, 1.82) is 0 Å². The van der Waals surface area contributed by atoms with Gasteiger partial charge in [0.15, 0.2) is 0 Å². The Morgan fingerprint density at radius 2 is 0.262 bits per heavy atom. The fourth-order valence-corrected chi connectivity index (χ4v) is 19.0. The minimum Gasteiger partial charge on any atom is -0.0610 e. The van der Waals surface area contributed by atoms with Crippen LogP contribution < -0.4 is 0 Å². The van der Waals surface area contributed by atoms with Crippen molar-refractivity contribution in [2.45, 2.75) is 23.7 Å². The van der Waals surface area contributed by atoms with Gasteiger partial charge in [-0.25, -0.2) is 0 Å². The van der Waals surface area contributed by atoms with Crippen LogP contribution in [-0.2, 0) is 0 Å². The second kappa shape index (κ2) is 14.3. The molecule has 0 heterocycles. The summed E-state index contributed by atoms with van der Waals surface area (Å²) < 4.78 is 0. The Labute approximate surface area is 480 Å². The van der Waals surface area contributed by atoms with Crippen LogP contribution in [0.2, 0.25) is 0 Å². The van der Waals surface area contributed by atoms with Gasteiger partial charge >= 0.3 is 0 Å². The molecule has 0 atom stereocenters. The summed E-state index contributed by atoms with van der Waals surface area (Å²) in [4.78, 5) is 0. The zero-order valence-corrected chi connectivity index (χ0v) is 45.4.